The average Bonchev–Trinajstić information content (AvgIpc) is 2.64. The van der Waals surface area contributed by atoms with E-state index in [1.165, 1.54) is 18.8 Å². The molecule has 0 radical (unpaired) electrons. The molecule has 4 nitrogen and oxygen atoms in total. The molecule has 5 heteroatoms. The predicted octanol–water partition coefficient (Wildman–Crippen LogP) is 2.77. The van der Waals surface area contributed by atoms with Gasteiger partial charge in [-0.3, -0.25) is 14.5 Å². The minimum absolute atomic E-state index is 0.196. The van der Waals surface area contributed by atoms with Gasteiger partial charge in [-0.2, -0.15) is 0 Å². The summed E-state index contributed by atoms with van der Waals surface area (Å²) < 4.78 is 0. The van der Waals surface area contributed by atoms with Crippen LogP contribution in [0.5, 0.6) is 5.75 Å². The van der Waals surface area contributed by atoms with Gasteiger partial charge in [0.15, 0.2) is 0 Å². The Morgan fingerprint density at radius 1 is 0.950 bits per heavy atom. The zero-order valence-electron chi connectivity index (χ0n) is 10.7. The van der Waals surface area contributed by atoms with Crippen molar-refractivity contribution < 1.29 is 14.7 Å². The van der Waals surface area contributed by atoms with Crippen molar-refractivity contribution in [2.24, 2.45) is 0 Å². The molecule has 20 heavy (non-hydrogen) atoms. The Bertz CT molecular complexity index is 727. The first-order valence-electron chi connectivity index (χ1n) is 5.99. The molecule has 0 spiro atoms. The quantitative estimate of drug-likeness (QED) is 0.862. The summed E-state index contributed by atoms with van der Waals surface area (Å²) in [5.74, 6) is -0.343. The number of aromatic hydroxyl groups is 1. The summed E-state index contributed by atoms with van der Waals surface area (Å²) in [7, 11) is 1.48. The number of phenols is 1. The van der Waals surface area contributed by atoms with Crippen LogP contribution in [0.25, 0.3) is 0 Å². The van der Waals surface area contributed by atoms with Crippen molar-refractivity contribution >= 4 is 23.6 Å². The second kappa shape index (κ2) is 4.68. The van der Waals surface area contributed by atoms with Gasteiger partial charge in [0.2, 0.25) is 0 Å². The maximum Gasteiger partial charge on any atom is 0.261 e. The van der Waals surface area contributed by atoms with Gasteiger partial charge in [-0.1, -0.05) is 17.8 Å². The number of carbonyl (C=O) groups is 2. The first-order valence-corrected chi connectivity index (χ1v) is 6.81. The van der Waals surface area contributed by atoms with Gasteiger partial charge in [0.1, 0.15) is 5.75 Å². The second-order valence-corrected chi connectivity index (χ2v) is 5.62. The van der Waals surface area contributed by atoms with E-state index in [0.29, 0.717) is 11.1 Å². The Balaban J connectivity index is 1.95. The normalized spacial score (nSPS) is 13.8. The molecule has 2 amide bonds. The van der Waals surface area contributed by atoms with E-state index in [4.69, 9.17) is 0 Å². The van der Waals surface area contributed by atoms with E-state index < -0.39 is 0 Å². The summed E-state index contributed by atoms with van der Waals surface area (Å²) in [6.45, 7) is 0. The molecule has 0 bridgehead atoms. The van der Waals surface area contributed by atoms with E-state index in [1.54, 1.807) is 36.4 Å². The van der Waals surface area contributed by atoms with Crippen molar-refractivity contribution in [3.63, 3.8) is 0 Å². The van der Waals surface area contributed by atoms with Gasteiger partial charge in [0.05, 0.1) is 11.1 Å². The van der Waals surface area contributed by atoms with E-state index in [0.717, 1.165) is 14.7 Å². The fourth-order valence-electron chi connectivity index (χ4n) is 2.09. The molecule has 2 aromatic carbocycles. The molecule has 0 fully saturated rings. The molecule has 1 N–H and O–H groups in total. The number of benzene rings is 2. The van der Waals surface area contributed by atoms with Crippen molar-refractivity contribution in [2.45, 2.75) is 9.79 Å². The van der Waals surface area contributed by atoms with E-state index in [9.17, 15) is 14.7 Å². The van der Waals surface area contributed by atoms with Gasteiger partial charge in [-0.05, 0) is 36.4 Å². The molecule has 0 aromatic heterocycles. The van der Waals surface area contributed by atoms with Crippen molar-refractivity contribution in [3.05, 3.63) is 53.6 Å². The predicted molar refractivity (Wildman–Crippen MR) is 75.1 cm³/mol. The highest BCUT2D eigenvalue weighted by molar-refractivity contribution is 7.99. The molecule has 0 saturated heterocycles. The fourth-order valence-corrected chi connectivity index (χ4v) is 3.00. The standard InChI is InChI=1S/C15H11NO3S/c1-16-14(18)12-6-5-11(8-13(12)15(16)19)20-10-4-2-3-9(17)7-10/h2-8,17H,1H3. The lowest BCUT2D eigenvalue weighted by Crippen LogP contribution is -2.24. The van der Waals surface area contributed by atoms with Crippen molar-refractivity contribution in [2.75, 3.05) is 7.05 Å². The molecular formula is C15H11NO3S. The second-order valence-electron chi connectivity index (χ2n) is 4.48. The van der Waals surface area contributed by atoms with Gasteiger partial charge in [-0.25, -0.2) is 0 Å². The van der Waals surface area contributed by atoms with E-state index in [1.807, 2.05) is 6.07 Å². The molecule has 0 unspecified atom stereocenters. The fraction of sp³-hybridized carbons (Fsp3) is 0.0667. The molecule has 3 rings (SSSR count). The lowest BCUT2D eigenvalue weighted by atomic mass is 10.1. The van der Waals surface area contributed by atoms with Gasteiger partial charge in [0, 0.05) is 16.8 Å². The molecule has 2 aromatic rings. The van der Waals surface area contributed by atoms with Crippen LogP contribution in [0.4, 0.5) is 0 Å². The first-order chi connectivity index (χ1) is 9.56. The van der Waals surface area contributed by atoms with E-state index >= 15 is 0 Å². The number of phenolic OH excluding ortho intramolecular Hbond substituents is 1. The lowest BCUT2D eigenvalue weighted by Gasteiger charge is -2.04. The van der Waals surface area contributed by atoms with Crippen LogP contribution < -0.4 is 0 Å². The molecule has 0 saturated carbocycles. The average molecular weight is 285 g/mol. The maximum atomic E-state index is 11.9. The Morgan fingerprint density at radius 3 is 2.40 bits per heavy atom. The Labute approximate surface area is 120 Å². The lowest BCUT2D eigenvalue weighted by molar-refractivity contribution is 0.0693. The summed E-state index contributed by atoms with van der Waals surface area (Å²) in [5, 5.41) is 9.44. The number of fused-ring (bicyclic) bond motifs is 1. The Morgan fingerprint density at radius 2 is 1.65 bits per heavy atom. The third-order valence-corrected chi connectivity index (χ3v) is 4.09. The summed E-state index contributed by atoms with van der Waals surface area (Å²) in [6, 6.07) is 12.1. The molecular weight excluding hydrogens is 274 g/mol. The highest BCUT2D eigenvalue weighted by Crippen LogP contribution is 2.33. The van der Waals surface area contributed by atoms with E-state index in [2.05, 4.69) is 0 Å². The minimum Gasteiger partial charge on any atom is -0.508 e. The number of hydrogen-bond donors (Lipinski definition) is 1. The van der Waals surface area contributed by atoms with Gasteiger partial charge in [-0.15, -0.1) is 0 Å². The largest absolute Gasteiger partial charge is 0.508 e. The zero-order chi connectivity index (χ0) is 14.3. The van der Waals surface area contributed by atoms with Gasteiger partial charge < -0.3 is 5.11 Å². The summed E-state index contributed by atoms with van der Waals surface area (Å²) in [4.78, 5) is 26.5. The maximum absolute atomic E-state index is 11.9. The zero-order valence-corrected chi connectivity index (χ0v) is 11.5. The van der Waals surface area contributed by atoms with Gasteiger partial charge >= 0.3 is 0 Å². The van der Waals surface area contributed by atoms with Crippen LogP contribution in [0.2, 0.25) is 0 Å². The molecule has 0 atom stereocenters. The molecule has 1 heterocycles. The van der Waals surface area contributed by atoms with Crippen molar-refractivity contribution in [1.82, 2.24) is 4.90 Å². The number of imide groups is 1. The third kappa shape index (κ3) is 2.06. The highest BCUT2D eigenvalue weighted by Gasteiger charge is 2.32. The monoisotopic (exact) mass is 285 g/mol. The third-order valence-electron chi connectivity index (χ3n) is 3.11. The van der Waals surface area contributed by atoms with Crippen LogP contribution >= 0.6 is 11.8 Å². The highest BCUT2D eigenvalue weighted by atomic mass is 32.2. The minimum atomic E-state index is -0.275. The van der Waals surface area contributed by atoms with E-state index in [-0.39, 0.29) is 17.6 Å². The van der Waals surface area contributed by atoms with Gasteiger partial charge in [0.25, 0.3) is 11.8 Å². The molecule has 1 aliphatic rings. The van der Waals surface area contributed by atoms with Crippen molar-refractivity contribution in [1.29, 1.82) is 0 Å². The van der Waals surface area contributed by atoms with Crippen molar-refractivity contribution in [3.8, 4) is 5.75 Å². The summed E-state index contributed by atoms with van der Waals surface area (Å²) in [6.07, 6.45) is 0. The number of amides is 2. The Kier molecular flexibility index (Phi) is 2.99. The molecule has 0 aliphatic carbocycles. The molecule has 100 valence electrons. The van der Waals surface area contributed by atoms with Crippen LogP contribution in [-0.2, 0) is 0 Å². The van der Waals surface area contributed by atoms with Crippen LogP contribution in [-0.4, -0.2) is 28.9 Å². The smallest absolute Gasteiger partial charge is 0.261 e. The molecule has 1 aliphatic heterocycles. The Hall–Kier alpha value is -2.27. The number of hydrogen-bond acceptors (Lipinski definition) is 4. The first kappa shape index (κ1) is 12.7. The topological polar surface area (TPSA) is 57.6 Å². The number of nitrogens with zero attached hydrogens (tertiary/aromatic N) is 1. The SMILES string of the molecule is CN1C(=O)c2ccc(Sc3cccc(O)c3)cc2C1=O. The van der Waals surface area contributed by atoms with Crippen LogP contribution in [0.3, 0.4) is 0 Å². The number of carbonyl (C=O) groups excluding carboxylic acids is 2. The van der Waals surface area contributed by atoms with Crippen LogP contribution in [0.1, 0.15) is 20.7 Å². The van der Waals surface area contributed by atoms with Crippen LogP contribution in [0.15, 0.2) is 52.3 Å². The van der Waals surface area contributed by atoms with Crippen LogP contribution in [0, 0.1) is 0 Å². The summed E-state index contributed by atoms with van der Waals surface area (Å²) in [5.41, 5.74) is 0.875. The summed E-state index contributed by atoms with van der Waals surface area (Å²) >= 11 is 1.43. The number of rotatable bonds is 2.